The Bertz CT molecular complexity index is 1010. The van der Waals surface area contributed by atoms with Crippen LogP contribution in [0.25, 0.3) is 0 Å². The molecule has 0 unspecified atom stereocenters. The second kappa shape index (κ2) is 11.2. The number of anilines is 2. The summed E-state index contributed by atoms with van der Waals surface area (Å²) in [5, 5.41) is 6.09. The smallest absolute Gasteiger partial charge is 0.255 e. The molecule has 0 aromatic heterocycles. The number of rotatable bonds is 11. The molecule has 0 fully saturated rings. The molecule has 176 valence electrons. The topological polar surface area (TPSA) is 97.0 Å². The number of methoxy groups -OCH3 is 2. The minimum atomic E-state index is -3.73. The van der Waals surface area contributed by atoms with Gasteiger partial charge in [0.15, 0.2) is 0 Å². The van der Waals surface area contributed by atoms with Crippen LogP contribution in [0.4, 0.5) is 11.4 Å². The highest BCUT2D eigenvalue weighted by Crippen LogP contribution is 2.27. The number of sulfonamides is 1. The van der Waals surface area contributed by atoms with E-state index in [4.69, 9.17) is 9.47 Å². The Morgan fingerprint density at radius 3 is 2.03 bits per heavy atom. The van der Waals surface area contributed by atoms with E-state index in [-0.39, 0.29) is 10.5 Å². The lowest BCUT2D eigenvalue weighted by molar-refractivity contribution is 0.102. The Morgan fingerprint density at radius 2 is 1.53 bits per heavy atom. The second-order valence-corrected chi connectivity index (χ2v) is 9.80. The van der Waals surface area contributed by atoms with Crippen LogP contribution < -0.4 is 20.1 Å². The summed E-state index contributed by atoms with van der Waals surface area (Å²) in [6.45, 7) is 4.92. The first-order valence-electron chi connectivity index (χ1n) is 10.5. The van der Waals surface area contributed by atoms with Crippen LogP contribution in [0.5, 0.6) is 11.5 Å². The third-order valence-corrected chi connectivity index (χ3v) is 7.10. The SMILES string of the molecule is CCC(CC)CNc1cc(C(=O)Nc2cc(OC)cc(OC)c2)cc(S(=O)(=O)N(C)C)c1. The molecule has 0 heterocycles. The molecule has 8 nitrogen and oxygen atoms in total. The van der Waals surface area contributed by atoms with Crippen LogP contribution in [0, 0.1) is 5.92 Å². The van der Waals surface area contributed by atoms with Gasteiger partial charge in [-0.25, -0.2) is 12.7 Å². The van der Waals surface area contributed by atoms with Gasteiger partial charge in [0.1, 0.15) is 11.5 Å². The fourth-order valence-electron chi connectivity index (χ4n) is 3.11. The molecule has 0 radical (unpaired) electrons. The van der Waals surface area contributed by atoms with Crippen LogP contribution >= 0.6 is 0 Å². The molecule has 0 bridgehead atoms. The van der Waals surface area contributed by atoms with Gasteiger partial charge in [-0.05, 0) is 24.1 Å². The summed E-state index contributed by atoms with van der Waals surface area (Å²) >= 11 is 0. The molecule has 2 rings (SSSR count). The number of benzene rings is 2. The van der Waals surface area contributed by atoms with Crippen LogP contribution in [0.2, 0.25) is 0 Å². The fraction of sp³-hybridized carbons (Fsp3) is 0.435. The average Bonchev–Trinajstić information content (AvgIpc) is 2.78. The van der Waals surface area contributed by atoms with Crippen LogP contribution in [-0.2, 0) is 10.0 Å². The van der Waals surface area contributed by atoms with E-state index in [0.717, 1.165) is 17.1 Å². The number of amides is 1. The Balaban J connectivity index is 2.42. The Labute approximate surface area is 191 Å². The van der Waals surface area contributed by atoms with Crippen LogP contribution in [-0.4, -0.2) is 53.5 Å². The molecule has 9 heteroatoms. The third kappa shape index (κ3) is 6.37. The fourth-order valence-corrected chi connectivity index (χ4v) is 4.09. The van der Waals surface area contributed by atoms with Gasteiger partial charge in [0.25, 0.3) is 5.91 Å². The number of hydrogen-bond acceptors (Lipinski definition) is 6. The molecule has 2 N–H and O–H groups in total. The standard InChI is InChI=1S/C23H33N3O5S/c1-7-16(8-2)15-24-18-9-17(10-22(13-18)32(28,29)26(3)4)23(27)25-19-11-20(30-5)14-21(12-19)31-6/h9-14,16,24H,7-8,15H2,1-6H3,(H,25,27). The number of carbonyl (C=O) groups is 1. The summed E-state index contributed by atoms with van der Waals surface area (Å²) in [4.78, 5) is 13.1. The number of nitrogens with one attached hydrogen (secondary N) is 2. The molecule has 1 amide bonds. The number of ether oxygens (including phenoxy) is 2. The van der Waals surface area contributed by atoms with E-state index in [9.17, 15) is 13.2 Å². The largest absolute Gasteiger partial charge is 0.497 e. The van der Waals surface area contributed by atoms with Gasteiger partial charge in [-0.1, -0.05) is 26.7 Å². The van der Waals surface area contributed by atoms with Gasteiger partial charge >= 0.3 is 0 Å². The zero-order chi connectivity index (χ0) is 23.9. The normalized spacial score (nSPS) is 11.5. The van der Waals surface area contributed by atoms with Gasteiger partial charge in [0.05, 0.1) is 19.1 Å². The number of carbonyl (C=O) groups excluding carboxylic acids is 1. The van der Waals surface area contributed by atoms with E-state index in [1.807, 2.05) is 0 Å². The van der Waals surface area contributed by atoms with Crippen molar-refractivity contribution < 1.29 is 22.7 Å². The lowest BCUT2D eigenvalue weighted by Crippen LogP contribution is -2.23. The Hall–Kier alpha value is -2.78. The summed E-state index contributed by atoms with van der Waals surface area (Å²) in [5.41, 5.74) is 1.27. The van der Waals surface area contributed by atoms with E-state index >= 15 is 0 Å². The summed E-state index contributed by atoms with van der Waals surface area (Å²) in [7, 11) is 2.24. The van der Waals surface area contributed by atoms with E-state index in [2.05, 4.69) is 24.5 Å². The van der Waals surface area contributed by atoms with Crippen molar-refractivity contribution >= 4 is 27.3 Å². The molecule has 0 saturated carbocycles. The monoisotopic (exact) mass is 463 g/mol. The molecular formula is C23H33N3O5S. The summed E-state index contributed by atoms with van der Waals surface area (Å²) in [5.74, 6) is 1.06. The van der Waals surface area contributed by atoms with Crippen molar-refractivity contribution in [1.82, 2.24) is 4.31 Å². The molecule has 0 aliphatic rings. The summed E-state index contributed by atoms with van der Waals surface area (Å²) in [6.07, 6.45) is 2.01. The van der Waals surface area contributed by atoms with Crippen molar-refractivity contribution in [3.63, 3.8) is 0 Å². The lowest BCUT2D eigenvalue weighted by atomic mass is 10.0. The summed E-state index contributed by atoms with van der Waals surface area (Å²) < 4.78 is 37.1. The van der Waals surface area contributed by atoms with Gasteiger partial charge in [-0.15, -0.1) is 0 Å². The molecule has 0 atom stereocenters. The summed E-state index contributed by atoms with van der Waals surface area (Å²) in [6, 6.07) is 9.61. The molecule has 2 aromatic carbocycles. The minimum Gasteiger partial charge on any atom is -0.497 e. The molecule has 2 aromatic rings. The van der Waals surface area contributed by atoms with Crippen molar-refractivity contribution in [1.29, 1.82) is 0 Å². The van der Waals surface area contributed by atoms with Crippen molar-refractivity contribution in [2.75, 3.05) is 45.5 Å². The van der Waals surface area contributed by atoms with Gasteiger partial charge in [-0.3, -0.25) is 4.79 Å². The maximum absolute atomic E-state index is 13.0. The molecule has 0 saturated heterocycles. The van der Waals surface area contributed by atoms with E-state index in [1.165, 1.54) is 34.4 Å². The second-order valence-electron chi connectivity index (χ2n) is 7.65. The van der Waals surface area contributed by atoms with E-state index < -0.39 is 15.9 Å². The highest BCUT2D eigenvalue weighted by Gasteiger charge is 2.21. The van der Waals surface area contributed by atoms with E-state index in [0.29, 0.717) is 35.3 Å². The zero-order valence-electron chi connectivity index (χ0n) is 19.6. The van der Waals surface area contributed by atoms with E-state index in [1.54, 1.807) is 30.3 Å². The average molecular weight is 464 g/mol. The predicted molar refractivity (Wildman–Crippen MR) is 127 cm³/mol. The van der Waals surface area contributed by atoms with Gasteiger partial charge < -0.3 is 20.1 Å². The zero-order valence-corrected chi connectivity index (χ0v) is 20.4. The first kappa shape index (κ1) is 25.5. The molecule has 32 heavy (non-hydrogen) atoms. The Morgan fingerprint density at radius 1 is 0.938 bits per heavy atom. The van der Waals surface area contributed by atoms with Gasteiger partial charge in [-0.2, -0.15) is 0 Å². The molecule has 0 spiro atoms. The van der Waals surface area contributed by atoms with Crippen molar-refractivity contribution in [2.24, 2.45) is 5.92 Å². The Kier molecular flexibility index (Phi) is 8.91. The highest BCUT2D eigenvalue weighted by molar-refractivity contribution is 7.89. The van der Waals surface area contributed by atoms with Gasteiger partial charge in [0.2, 0.25) is 10.0 Å². The first-order chi connectivity index (χ1) is 15.1. The van der Waals surface area contributed by atoms with Crippen molar-refractivity contribution in [3.05, 3.63) is 42.0 Å². The van der Waals surface area contributed by atoms with Gasteiger partial charge in [0, 0.05) is 55.8 Å². The van der Waals surface area contributed by atoms with Crippen molar-refractivity contribution in [3.8, 4) is 11.5 Å². The highest BCUT2D eigenvalue weighted by atomic mass is 32.2. The quantitative estimate of drug-likeness (QED) is 0.522. The lowest BCUT2D eigenvalue weighted by Gasteiger charge is -2.18. The first-order valence-corrected chi connectivity index (χ1v) is 11.9. The number of hydrogen-bond donors (Lipinski definition) is 2. The van der Waals surface area contributed by atoms with Crippen LogP contribution in [0.15, 0.2) is 41.3 Å². The maximum atomic E-state index is 13.0. The van der Waals surface area contributed by atoms with Crippen LogP contribution in [0.3, 0.4) is 0 Å². The third-order valence-electron chi connectivity index (χ3n) is 5.31. The number of nitrogens with zero attached hydrogens (tertiary/aromatic N) is 1. The van der Waals surface area contributed by atoms with Crippen LogP contribution in [0.1, 0.15) is 37.0 Å². The minimum absolute atomic E-state index is 0.0467. The molecular weight excluding hydrogens is 430 g/mol. The molecule has 0 aliphatic heterocycles. The maximum Gasteiger partial charge on any atom is 0.255 e. The molecule has 0 aliphatic carbocycles. The predicted octanol–water partition coefficient (Wildman–Crippen LogP) is 4.05. The van der Waals surface area contributed by atoms with Crippen molar-refractivity contribution in [2.45, 2.75) is 31.6 Å².